The first-order valence-corrected chi connectivity index (χ1v) is 7.75. The highest BCUT2D eigenvalue weighted by atomic mass is 16.6. The number of carbonyl (C=O) groups is 1. The van der Waals surface area contributed by atoms with E-state index in [0.29, 0.717) is 37.7 Å². The van der Waals surface area contributed by atoms with Gasteiger partial charge in [-0.05, 0) is 45.9 Å². The van der Waals surface area contributed by atoms with Crippen molar-refractivity contribution in [2.24, 2.45) is 0 Å². The van der Waals surface area contributed by atoms with E-state index >= 15 is 0 Å². The second kappa shape index (κ2) is 8.62. The van der Waals surface area contributed by atoms with Crippen LogP contribution < -0.4 is 10.5 Å². The van der Waals surface area contributed by atoms with Crippen LogP contribution in [-0.4, -0.2) is 43.5 Å². The van der Waals surface area contributed by atoms with Gasteiger partial charge in [0.25, 0.3) is 0 Å². The number of nitrogen functional groups attached to an aromatic ring is 1. The van der Waals surface area contributed by atoms with Crippen LogP contribution in [-0.2, 0) is 16.0 Å². The van der Waals surface area contributed by atoms with Gasteiger partial charge in [-0.3, -0.25) is 0 Å². The maximum atomic E-state index is 12.4. The Bertz CT molecular complexity index is 512. The van der Waals surface area contributed by atoms with Gasteiger partial charge in [-0.25, -0.2) is 4.79 Å². The predicted octanol–water partition coefficient (Wildman–Crippen LogP) is 3.05. The molecule has 0 saturated carbocycles. The van der Waals surface area contributed by atoms with Crippen LogP contribution in [0.15, 0.2) is 18.2 Å². The van der Waals surface area contributed by atoms with Crippen LogP contribution in [0, 0.1) is 0 Å². The van der Waals surface area contributed by atoms with Gasteiger partial charge in [0.05, 0.1) is 19.8 Å². The highest BCUT2D eigenvalue weighted by Gasteiger charge is 2.23. The van der Waals surface area contributed by atoms with Gasteiger partial charge in [0.1, 0.15) is 11.4 Å². The molecule has 6 nitrogen and oxygen atoms in total. The Morgan fingerprint density at radius 3 is 2.57 bits per heavy atom. The number of hydrogen-bond acceptors (Lipinski definition) is 5. The molecule has 0 unspecified atom stereocenters. The molecule has 23 heavy (non-hydrogen) atoms. The van der Waals surface area contributed by atoms with Crippen molar-refractivity contribution in [2.45, 2.75) is 39.8 Å². The fraction of sp³-hybridized carbons (Fsp3) is 0.588. The zero-order valence-corrected chi connectivity index (χ0v) is 14.7. The second-order valence-corrected chi connectivity index (χ2v) is 6.19. The van der Waals surface area contributed by atoms with Gasteiger partial charge in [-0.2, -0.15) is 0 Å². The van der Waals surface area contributed by atoms with Crippen molar-refractivity contribution >= 4 is 11.8 Å². The van der Waals surface area contributed by atoms with Crippen LogP contribution in [0.5, 0.6) is 5.75 Å². The Balaban J connectivity index is 2.96. The van der Waals surface area contributed by atoms with Crippen LogP contribution in [0.3, 0.4) is 0 Å². The van der Waals surface area contributed by atoms with E-state index in [2.05, 4.69) is 0 Å². The summed E-state index contributed by atoms with van der Waals surface area (Å²) in [5.41, 5.74) is 6.77. The van der Waals surface area contributed by atoms with Crippen molar-refractivity contribution in [2.75, 3.05) is 32.6 Å². The zero-order chi connectivity index (χ0) is 17.5. The first kappa shape index (κ1) is 19.1. The summed E-state index contributed by atoms with van der Waals surface area (Å²) in [6.45, 7) is 9.16. The SMILES string of the molecule is CCOc1ccc(N)cc1CN(CCOC)C(=O)OC(C)(C)C. The molecule has 0 spiro atoms. The first-order chi connectivity index (χ1) is 10.8. The lowest BCUT2D eigenvalue weighted by Gasteiger charge is -2.28. The maximum absolute atomic E-state index is 12.4. The number of methoxy groups -OCH3 is 1. The Hall–Kier alpha value is -1.95. The monoisotopic (exact) mass is 324 g/mol. The number of amides is 1. The molecule has 0 aliphatic rings. The van der Waals surface area contributed by atoms with Crippen molar-refractivity contribution < 1.29 is 19.0 Å². The summed E-state index contributed by atoms with van der Waals surface area (Å²) >= 11 is 0. The minimum Gasteiger partial charge on any atom is -0.494 e. The fourth-order valence-corrected chi connectivity index (χ4v) is 1.99. The van der Waals surface area contributed by atoms with Gasteiger partial charge in [-0.15, -0.1) is 0 Å². The Labute approximate surface area is 138 Å². The summed E-state index contributed by atoms with van der Waals surface area (Å²) in [5.74, 6) is 0.715. The third kappa shape index (κ3) is 6.78. The van der Waals surface area contributed by atoms with Gasteiger partial charge in [0, 0.05) is 24.9 Å². The first-order valence-electron chi connectivity index (χ1n) is 7.75. The van der Waals surface area contributed by atoms with Gasteiger partial charge in [0.15, 0.2) is 0 Å². The number of ether oxygens (including phenoxy) is 3. The third-order valence-electron chi connectivity index (χ3n) is 2.96. The van der Waals surface area contributed by atoms with E-state index in [1.807, 2.05) is 39.8 Å². The van der Waals surface area contributed by atoms with Gasteiger partial charge < -0.3 is 24.8 Å². The molecule has 130 valence electrons. The average molecular weight is 324 g/mol. The van der Waals surface area contributed by atoms with Crippen molar-refractivity contribution in [1.82, 2.24) is 4.90 Å². The molecule has 1 aromatic rings. The summed E-state index contributed by atoms with van der Waals surface area (Å²) in [5, 5.41) is 0. The van der Waals surface area contributed by atoms with Crippen LogP contribution in [0.1, 0.15) is 33.3 Å². The van der Waals surface area contributed by atoms with E-state index in [0.717, 1.165) is 5.56 Å². The van der Waals surface area contributed by atoms with Crippen LogP contribution in [0.2, 0.25) is 0 Å². The van der Waals surface area contributed by atoms with Crippen LogP contribution in [0.25, 0.3) is 0 Å². The Morgan fingerprint density at radius 1 is 1.30 bits per heavy atom. The van der Waals surface area contributed by atoms with E-state index in [-0.39, 0.29) is 6.09 Å². The van der Waals surface area contributed by atoms with Crippen LogP contribution >= 0.6 is 0 Å². The molecule has 6 heteroatoms. The minimum atomic E-state index is -0.555. The maximum Gasteiger partial charge on any atom is 0.410 e. The van der Waals surface area contributed by atoms with Crippen molar-refractivity contribution in [1.29, 1.82) is 0 Å². The van der Waals surface area contributed by atoms with E-state index in [1.165, 1.54) is 0 Å². The molecule has 0 aliphatic heterocycles. The topological polar surface area (TPSA) is 74.0 Å². The lowest BCUT2D eigenvalue weighted by atomic mass is 10.1. The molecule has 0 atom stereocenters. The summed E-state index contributed by atoms with van der Waals surface area (Å²) in [7, 11) is 1.60. The van der Waals surface area contributed by atoms with Crippen molar-refractivity contribution in [3.63, 3.8) is 0 Å². The molecule has 0 saturated heterocycles. The third-order valence-corrected chi connectivity index (χ3v) is 2.96. The molecular formula is C17H28N2O4. The van der Waals surface area contributed by atoms with E-state index < -0.39 is 5.60 Å². The van der Waals surface area contributed by atoms with Crippen molar-refractivity contribution in [3.8, 4) is 5.75 Å². The molecule has 0 aromatic heterocycles. The molecule has 0 aliphatic carbocycles. The molecular weight excluding hydrogens is 296 g/mol. The predicted molar refractivity (Wildman–Crippen MR) is 90.5 cm³/mol. The number of hydrogen-bond donors (Lipinski definition) is 1. The summed E-state index contributed by atoms with van der Waals surface area (Å²) in [6.07, 6.45) is -0.389. The summed E-state index contributed by atoms with van der Waals surface area (Å²) in [4.78, 5) is 14.0. The average Bonchev–Trinajstić information content (AvgIpc) is 2.44. The molecule has 0 fully saturated rings. The second-order valence-electron chi connectivity index (χ2n) is 6.19. The molecule has 2 N–H and O–H groups in total. The van der Waals surface area contributed by atoms with Gasteiger partial charge >= 0.3 is 6.09 Å². The largest absolute Gasteiger partial charge is 0.494 e. The van der Waals surface area contributed by atoms with E-state index in [4.69, 9.17) is 19.9 Å². The molecule has 1 rings (SSSR count). The standard InChI is InChI=1S/C17H28N2O4/c1-6-22-15-8-7-14(18)11-13(15)12-19(9-10-21-5)16(20)23-17(2,3)4/h7-8,11H,6,9-10,12,18H2,1-5H3. The number of benzene rings is 1. The number of rotatable bonds is 7. The highest BCUT2D eigenvalue weighted by molar-refractivity contribution is 5.68. The molecule has 1 amide bonds. The lowest BCUT2D eigenvalue weighted by molar-refractivity contribution is 0.0182. The van der Waals surface area contributed by atoms with Crippen molar-refractivity contribution in [3.05, 3.63) is 23.8 Å². The fourth-order valence-electron chi connectivity index (χ4n) is 1.99. The number of anilines is 1. The number of nitrogens with zero attached hydrogens (tertiary/aromatic N) is 1. The zero-order valence-electron chi connectivity index (χ0n) is 14.7. The molecule has 0 bridgehead atoms. The molecule has 0 heterocycles. The van der Waals surface area contributed by atoms with E-state index in [9.17, 15) is 4.79 Å². The minimum absolute atomic E-state index is 0.346. The van der Waals surface area contributed by atoms with E-state index in [1.54, 1.807) is 18.1 Å². The quantitative estimate of drug-likeness (QED) is 0.780. The number of carbonyl (C=O) groups excluding carboxylic acids is 1. The Kier molecular flexibility index (Phi) is 7.16. The number of nitrogens with two attached hydrogens (primary N) is 1. The molecule has 0 radical (unpaired) electrons. The lowest BCUT2D eigenvalue weighted by Crippen LogP contribution is -2.38. The Morgan fingerprint density at radius 2 is 2.00 bits per heavy atom. The summed E-state index contributed by atoms with van der Waals surface area (Å²) in [6, 6.07) is 5.41. The van der Waals surface area contributed by atoms with Gasteiger partial charge in [-0.1, -0.05) is 0 Å². The summed E-state index contributed by atoms with van der Waals surface area (Å²) < 4.78 is 16.2. The smallest absolute Gasteiger partial charge is 0.410 e. The van der Waals surface area contributed by atoms with Gasteiger partial charge in [0.2, 0.25) is 0 Å². The van der Waals surface area contributed by atoms with Crippen LogP contribution in [0.4, 0.5) is 10.5 Å². The molecule has 1 aromatic carbocycles. The highest BCUT2D eigenvalue weighted by Crippen LogP contribution is 2.24. The normalized spacial score (nSPS) is 11.2.